The summed E-state index contributed by atoms with van der Waals surface area (Å²) in [5.74, 6) is 0.826. The van der Waals surface area contributed by atoms with Crippen LogP contribution in [0.3, 0.4) is 0 Å². The van der Waals surface area contributed by atoms with E-state index in [4.69, 9.17) is 17.7 Å². The van der Waals surface area contributed by atoms with Crippen molar-refractivity contribution in [2.75, 3.05) is 9.80 Å². The minimum Gasteiger partial charge on any atom is -0.456 e. The molecule has 16 rings (SSSR count). The van der Waals surface area contributed by atoms with Crippen molar-refractivity contribution < 1.29 is 17.7 Å². The quantitative estimate of drug-likeness (QED) is 0.144. The Bertz CT molecular complexity index is 5150. The molecule has 430 valence electrons. The van der Waals surface area contributed by atoms with Crippen LogP contribution in [0.15, 0.2) is 236 Å². The minimum atomic E-state index is -0.0689. The second-order valence-corrected chi connectivity index (χ2v) is 26.9. The maximum absolute atomic E-state index is 7.16. The van der Waals surface area contributed by atoms with Gasteiger partial charge in [-0.3, -0.25) is 0 Å². The van der Waals surface area contributed by atoms with E-state index < -0.39 is 0 Å². The van der Waals surface area contributed by atoms with Crippen LogP contribution in [0, 0.1) is 0 Å². The first-order valence-electron chi connectivity index (χ1n) is 31.0. The third-order valence-corrected chi connectivity index (χ3v) is 18.4. The summed E-state index contributed by atoms with van der Waals surface area (Å²) in [6, 6.07) is 79.8. The fourth-order valence-corrected chi connectivity index (χ4v) is 13.7. The van der Waals surface area contributed by atoms with Crippen LogP contribution in [0.4, 0.5) is 34.1 Å². The molecule has 0 fully saturated rings. The number of hydrogen-bond donors (Lipinski definition) is 0. The van der Waals surface area contributed by atoms with E-state index in [0.717, 1.165) is 155 Å². The van der Waals surface area contributed by atoms with Crippen molar-refractivity contribution in [1.29, 1.82) is 0 Å². The van der Waals surface area contributed by atoms with Gasteiger partial charge in [-0.2, -0.15) is 0 Å². The van der Waals surface area contributed by atoms with Crippen LogP contribution in [-0.4, -0.2) is 0 Å². The molecule has 0 amide bonds. The molecule has 0 atom stereocenters. The normalized spacial score (nSPS) is 12.6. The summed E-state index contributed by atoms with van der Waals surface area (Å²) < 4.78 is 27.6. The smallest absolute Gasteiger partial charge is 0.147 e. The van der Waals surface area contributed by atoms with Crippen LogP contribution in [-0.2, 0) is 10.8 Å². The van der Waals surface area contributed by atoms with Gasteiger partial charge in [0.05, 0.1) is 5.56 Å². The Balaban J connectivity index is 0.830. The monoisotopic (exact) mass is 1140 g/mol. The highest BCUT2D eigenvalue weighted by molar-refractivity contribution is 6.24. The standard InChI is InChI=1S/C82H68N2O4/c1-47(2)49-22-28-56(29-23-49)83(60-34-36-72-66(44-60)62-18-14-20-70(77(62)85-72)81(5,6)7)58-32-26-52-40-64-68-46-69-65-41-53-27-33-59(39-55(53)43-75(65)88-80(69)76(51-16-12-11-13-17-51)79(68)87-74(64)42-54(52)38-58)84(57-30-24-50(25-31-57)48(3)4)61-35-37-73-67(45-61)63-19-15-21-71(78(63)86-73)82(8,9)10/h11-48H,1-10H3. The summed E-state index contributed by atoms with van der Waals surface area (Å²) in [6.07, 6.45) is 0. The first kappa shape index (κ1) is 53.4. The van der Waals surface area contributed by atoms with Crippen molar-refractivity contribution in [2.45, 2.75) is 91.9 Å². The van der Waals surface area contributed by atoms with Gasteiger partial charge in [-0.15, -0.1) is 0 Å². The topological polar surface area (TPSA) is 59.0 Å². The Morgan fingerprint density at radius 3 is 1.09 bits per heavy atom. The van der Waals surface area contributed by atoms with Gasteiger partial charge in [-0.05, 0) is 176 Å². The van der Waals surface area contributed by atoms with Crippen molar-refractivity contribution in [3.05, 3.63) is 241 Å². The van der Waals surface area contributed by atoms with Crippen LogP contribution in [0.25, 0.3) is 120 Å². The maximum atomic E-state index is 7.16. The van der Waals surface area contributed by atoms with E-state index in [9.17, 15) is 0 Å². The lowest BCUT2D eigenvalue weighted by atomic mass is 9.86. The number of para-hydroxylation sites is 2. The van der Waals surface area contributed by atoms with Crippen molar-refractivity contribution in [1.82, 2.24) is 0 Å². The van der Waals surface area contributed by atoms with E-state index in [1.807, 2.05) is 0 Å². The van der Waals surface area contributed by atoms with Crippen molar-refractivity contribution in [3.63, 3.8) is 0 Å². The third kappa shape index (κ3) is 8.66. The van der Waals surface area contributed by atoms with Crippen molar-refractivity contribution in [2.24, 2.45) is 0 Å². The zero-order chi connectivity index (χ0) is 60.1. The molecule has 4 heterocycles. The van der Waals surface area contributed by atoms with Gasteiger partial charge in [0.15, 0.2) is 0 Å². The van der Waals surface area contributed by atoms with Gasteiger partial charge >= 0.3 is 0 Å². The third-order valence-electron chi connectivity index (χ3n) is 18.4. The molecular weight excluding hydrogens is 1080 g/mol. The van der Waals surface area contributed by atoms with Crippen molar-refractivity contribution >= 4 is 143 Å². The number of furan rings is 4. The summed E-state index contributed by atoms with van der Waals surface area (Å²) in [4.78, 5) is 4.73. The van der Waals surface area contributed by atoms with Gasteiger partial charge in [-0.1, -0.05) is 172 Å². The van der Waals surface area contributed by atoms with Crippen LogP contribution in [0.1, 0.15) is 103 Å². The summed E-state index contributed by atoms with van der Waals surface area (Å²) in [7, 11) is 0. The van der Waals surface area contributed by atoms with Crippen LogP contribution < -0.4 is 9.80 Å². The fraction of sp³-hybridized carbons (Fsp3) is 0.171. The number of fused-ring (bicyclic) bond motifs is 14. The molecule has 0 saturated carbocycles. The van der Waals surface area contributed by atoms with Gasteiger partial charge in [0.1, 0.15) is 44.7 Å². The molecule has 12 aromatic carbocycles. The molecule has 0 saturated heterocycles. The molecular formula is C82H68N2O4. The number of benzene rings is 12. The summed E-state index contributed by atoms with van der Waals surface area (Å²) in [5.41, 5.74) is 20.1. The van der Waals surface area contributed by atoms with E-state index in [1.165, 1.54) is 22.3 Å². The van der Waals surface area contributed by atoms with E-state index in [2.05, 4.69) is 297 Å². The molecule has 4 aromatic heterocycles. The molecule has 0 bridgehead atoms. The average molecular weight is 1150 g/mol. The summed E-state index contributed by atoms with van der Waals surface area (Å²) in [6.45, 7) is 22.4. The lowest BCUT2D eigenvalue weighted by Gasteiger charge is -2.26. The predicted octanol–water partition coefficient (Wildman–Crippen LogP) is 25.0. The molecule has 0 unspecified atom stereocenters. The van der Waals surface area contributed by atoms with Gasteiger partial charge in [0.2, 0.25) is 0 Å². The van der Waals surface area contributed by atoms with Crippen LogP contribution in [0.5, 0.6) is 0 Å². The fourth-order valence-electron chi connectivity index (χ4n) is 13.7. The lowest BCUT2D eigenvalue weighted by Crippen LogP contribution is -2.11. The number of rotatable bonds is 9. The average Bonchev–Trinajstić information content (AvgIpc) is 1.67. The predicted molar refractivity (Wildman–Crippen MR) is 371 cm³/mol. The van der Waals surface area contributed by atoms with Crippen molar-refractivity contribution in [3.8, 4) is 11.1 Å². The molecule has 0 aliphatic carbocycles. The molecule has 0 spiro atoms. The Hall–Kier alpha value is -10.0. The Kier molecular flexibility index (Phi) is 12.0. The molecule has 88 heavy (non-hydrogen) atoms. The largest absolute Gasteiger partial charge is 0.456 e. The molecule has 6 nitrogen and oxygen atoms in total. The first-order chi connectivity index (χ1) is 42.5. The van der Waals surface area contributed by atoms with E-state index in [0.29, 0.717) is 11.8 Å². The maximum Gasteiger partial charge on any atom is 0.147 e. The van der Waals surface area contributed by atoms with Crippen LogP contribution in [0.2, 0.25) is 0 Å². The zero-order valence-electron chi connectivity index (χ0n) is 51.5. The summed E-state index contributed by atoms with van der Waals surface area (Å²) >= 11 is 0. The van der Waals surface area contributed by atoms with Gasteiger partial charge in [0, 0.05) is 88.3 Å². The highest BCUT2D eigenvalue weighted by Crippen LogP contribution is 2.49. The second-order valence-electron chi connectivity index (χ2n) is 26.9. The highest BCUT2D eigenvalue weighted by Gasteiger charge is 2.27. The number of anilines is 6. The number of hydrogen-bond acceptors (Lipinski definition) is 6. The number of nitrogens with zero attached hydrogens (tertiary/aromatic N) is 2. The SMILES string of the molecule is CC(C)c1ccc(N(c2ccc3cc4c(cc3c2)oc2c(-c3ccccc3)c3oc5cc6cc(N(c7ccc(C(C)C)cc7)c7ccc8oc9c(C(C)(C)C)cccc9c8c7)ccc6cc5c3cc24)c2ccc3oc4c(C(C)(C)C)cccc4c3c2)cc1. The summed E-state index contributed by atoms with van der Waals surface area (Å²) in [5, 5.41) is 13.0. The molecule has 16 aromatic rings. The van der Waals surface area contributed by atoms with Gasteiger partial charge in [-0.25, -0.2) is 0 Å². The van der Waals surface area contributed by atoms with E-state index in [1.54, 1.807) is 0 Å². The van der Waals surface area contributed by atoms with E-state index in [-0.39, 0.29) is 10.8 Å². The minimum absolute atomic E-state index is 0.0689. The molecule has 6 heteroatoms. The molecule has 0 aliphatic rings. The first-order valence-corrected chi connectivity index (χ1v) is 31.0. The Labute approximate surface area is 511 Å². The molecule has 0 aliphatic heterocycles. The van der Waals surface area contributed by atoms with Crippen LogP contribution >= 0.6 is 0 Å². The highest BCUT2D eigenvalue weighted by atomic mass is 16.3. The van der Waals surface area contributed by atoms with Gasteiger partial charge < -0.3 is 27.5 Å². The molecule has 0 N–H and O–H groups in total. The Morgan fingerprint density at radius 1 is 0.284 bits per heavy atom. The van der Waals surface area contributed by atoms with Gasteiger partial charge in [0.25, 0.3) is 0 Å². The zero-order valence-corrected chi connectivity index (χ0v) is 51.5. The Morgan fingerprint density at radius 2 is 0.670 bits per heavy atom. The molecule has 0 radical (unpaired) electrons. The lowest BCUT2D eigenvalue weighted by molar-refractivity contribution is 0.572. The van der Waals surface area contributed by atoms with E-state index >= 15 is 0 Å². The second kappa shape index (κ2) is 19.7.